The van der Waals surface area contributed by atoms with Crippen LogP contribution in [0.3, 0.4) is 0 Å². The van der Waals surface area contributed by atoms with Gasteiger partial charge in [-0.2, -0.15) is 0 Å². The molecular weight excluding hydrogens is 170 g/mol. The van der Waals surface area contributed by atoms with Crippen LogP contribution in [0.2, 0.25) is 0 Å². The van der Waals surface area contributed by atoms with Crippen LogP contribution < -0.4 is 5.73 Å². The van der Waals surface area contributed by atoms with Crippen LogP contribution in [0.15, 0.2) is 5.51 Å². The molecule has 1 aromatic heterocycles. The lowest BCUT2D eigenvalue weighted by Crippen LogP contribution is -2.36. The highest BCUT2D eigenvalue weighted by Crippen LogP contribution is 2.28. The highest BCUT2D eigenvalue weighted by molar-refractivity contribution is 7.09. The Morgan fingerprint density at radius 2 is 2.67 bits per heavy atom. The molecule has 0 fully saturated rings. The molecule has 66 valence electrons. The van der Waals surface area contributed by atoms with Crippen molar-refractivity contribution in [2.75, 3.05) is 20.1 Å². The fraction of sp³-hybridized carbons (Fsp3) is 0.625. The van der Waals surface area contributed by atoms with E-state index in [1.54, 1.807) is 11.3 Å². The molecule has 0 amide bonds. The van der Waals surface area contributed by atoms with Crippen molar-refractivity contribution in [3.05, 3.63) is 16.1 Å². The summed E-state index contributed by atoms with van der Waals surface area (Å²) in [7, 11) is 2.11. The summed E-state index contributed by atoms with van der Waals surface area (Å²) in [6.45, 7) is 1.78. The standard InChI is InChI=1S/C8H13N3S/c1-11-3-2-7-8(6(11)4-9)10-5-12-7/h5-6H,2-4,9H2,1H3. The number of likely N-dealkylation sites (N-methyl/N-ethyl adjacent to an activating group) is 1. The first-order valence-corrected chi connectivity index (χ1v) is 5.03. The Morgan fingerprint density at radius 1 is 1.83 bits per heavy atom. The maximum atomic E-state index is 5.69. The zero-order valence-corrected chi connectivity index (χ0v) is 7.97. The van der Waals surface area contributed by atoms with E-state index in [9.17, 15) is 0 Å². The first-order chi connectivity index (χ1) is 5.83. The topological polar surface area (TPSA) is 42.2 Å². The number of thiazole rings is 1. The molecular formula is C8H13N3S. The van der Waals surface area contributed by atoms with E-state index in [2.05, 4.69) is 16.9 Å². The highest BCUT2D eigenvalue weighted by Gasteiger charge is 2.25. The molecule has 0 radical (unpaired) electrons. The predicted octanol–water partition coefficient (Wildman–Crippen LogP) is 0.631. The van der Waals surface area contributed by atoms with E-state index in [1.807, 2.05) is 5.51 Å². The largest absolute Gasteiger partial charge is 0.329 e. The molecule has 1 aromatic rings. The number of aromatic nitrogens is 1. The molecule has 0 aromatic carbocycles. The third-order valence-electron chi connectivity index (χ3n) is 2.43. The normalized spacial score (nSPS) is 24.0. The number of fused-ring (bicyclic) bond motifs is 1. The second-order valence-corrected chi connectivity index (χ2v) is 4.08. The van der Waals surface area contributed by atoms with Crippen LogP contribution in [0.1, 0.15) is 16.6 Å². The average molecular weight is 183 g/mol. The SMILES string of the molecule is CN1CCc2scnc2C1CN. The minimum atomic E-state index is 0.347. The van der Waals surface area contributed by atoms with Crippen LogP contribution in [-0.2, 0) is 6.42 Å². The maximum Gasteiger partial charge on any atom is 0.0798 e. The van der Waals surface area contributed by atoms with E-state index in [-0.39, 0.29) is 0 Å². The van der Waals surface area contributed by atoms with Gasteiger partial charge < -0.3 is 5.73 Å². The van der Waals surface area contributed by atoms with Gasteiger partial charge in [-0.15, -0.1) is 11.3 Å². The summed E-state index contributed by atoms with van der Waals surface area (Å²) in [4.78, 5) is 8.06. The van der Waals surface area contributed by atoms with Crippen molar-refractivity contribution in [2.24, 2.45) is 5.73 Å². The van der Waals surface area contributed by atoms with Crippen molar-refractivity contribution < 1.29 is 0 Å². The molecule has 0 bridgehead atoms. The molecule has 2 rings (SSSR count). The molecule has 0 aliphatic carbocycles. The Bertz CT molecular complexity index is 271. The fourth-order valence-corrected chi connectivity index (χ4v) is 2.48. The average Bonchev–Trinajstić information content (AvgIpc) is 2.52. The van der Waals surface area contributed by atoms with Gasteiger partial charge in [0, 0.05) is 18.0 Å². The predicted molar refractivity (Wildman–Crippen MR) is 50.2 cm³/mol. The van der Waals surface area contributed by atoms with E-state index in [4.69, 9.17) is 5.73 Å². The van der Waals surface area contributed by atoms with Gasteiger partial charge in [0.15, 0.2) is 0 Å². The molecule has 0 spiro atoms. The Kier molecular flexibility index (Phi) is 2.12. The van der Waals surface area contributed by atoms with Crippen molar-refractivity contribution in [3.8, 4) is 0 Å². The van der Waals surface area contributed by atoms with Crippen LogP contribution in [-0.4, -0.2) is 30.0 Å². The number of nitrogens with two attached hydrogens (primary N) is 1. The number of nitrogens with zero attached hydrogens (tertiary/aromatic N) is 2. The van der Waals surface area contributed by atoms with Crippen molar-refractivity contribution in [1.82, 2.24) is 9.88 Å². The lowest BCUT2D eigenvalue weighted by Gasteiger charge is -2.30. The summed E-state index contributed by atoms with van der Waals surface area (Å²) in [5, 5.41) is 0. The Hall–Kier alpha value is -0.450. The van der Waals surface area contributed by atoms with Crippen LogP contribution in [0.5, 0.6) is 0 Å². The molecule has 0 saturated heterocycles. The third kappa shape index (κ3) is 1.16. The van der Waals surface area contributed by atoms with E-state index < -0.39 is 0 Å². The summed E-state index contributed by atoms with van der Waals surface area (Å²) in [5.41, 5.74) is 8.82. The smallest absolute Gasteiger partial charge is 0.0798 e. The van der Waals surface area contributed by atoms with Gasteiger partial charge in [-0.05, 0) is 13.5 Å². The number of hydrogen-bond acceptors (Lipinski definition) is 4. The molecule has 12 heavy (non-hydrogen) atoms. The van der Waals surface area contributed by atoms with Crippen LogP contribution in [0, 0.1) is 0 Å². The lowest BCUT2D eigenvalue weighted by atomic mass is 10.1. The maximum absolute atomic E-state index is 5.69. The molecule has 1 unspecified atom stereocenters. The molecule has 1 aliphatic heterocycles. The zero-order chi connectivity index (χ0) is 8.55. The third-order valence-corrected chi connectivity index (χ3v) is 3.34. The number of hydrogen-bond donors (Lipinski definition) is 1. The zero-order valence-electron chi connectivity index (χ0n) is 7.16. The first kappa shape index (κ1) is 8.16. The van der Waals surface area contributed by atoms with Crippen LogP contribution in [0.25, 0.3) is 0 Å². The van der Waals surface area contributed by atoms with Crippen LogP contribution in [0.4, 0.5) is 0 Å². The summed E-state index contributed by atoms with van der Waals surface area (Å²) in [6, 6.07) is 0.347. The van der Waals surface area contributed by atoms with Crippen molar-refractivity contribution in [1.29, 1.82) is 0 Å². The minimum absolute atomic E-state index is 0.347. The van der Waals surface area contributed by atoms with Crippen molar-refractivity contribution >= 4 is 11.3 Å². The van der Waals surface area contributed by atoms with Gasteiger partial charge in [-0.25, -0.2) is 4.98 Å². The molecule has 2 heterocycles. The molecule has 3 nitrogen and oxygen atoms in total. The minimum Gasteiger partial charge on any atom is -0.329 e. The monoisotopic (exact) mass is 183 g/mol. The highest BCUT2D eigenvalue weighted by atomic mass is 32.1. The fourth-order valence-electron chi connectivity index (χ4n) is 1.67. The van der Waals surface area contributed by atoms with E-state index >= 15 is 0 Å². The second-order valence-electron chi connectivity index (χ2n) is 3.14. The second kappa shape index (κ2) is 3.12. The van der Waals surface area contributed by atoms with Gasteiger partial charge >= 0.3 is 0 Å². The van der Waals surface area contributed by atoms with Crippen molar-refractivity contribution in [3.63, 3.8) is 0 Å². The lowest BCUT2D eigenvalue weighted by molar-refractivity contribution is 0.233. The summed E-state index contributed by atoms with van der Waals surface area (Å²) >= 11 is 1.75. The van der Waals surface area contributed by atoms with Gasteiger partial charge in [0.05, 0.1) is 17.2 Å². The number of rotatable bonds is 1. The Morgan fingerprint density at radius 3 is 3.42 bits per heavy atom. The van der Waals surface area contributed by atoms with Gasteiger partial charge in [0.1, 0.15) is 0 Å². The summed E-state index contributed by atoms with van der Waals surface area (Å²) in [6.07, 6.45) is 1.13. The van der Waals surface area contributed by atoms with E-state index in [0.29, 0.717) is 12.6 Å². The molecule has 4 heteroatoms. The molecule has 1 atom stereocenters. The van der Waals surface area contributed by atoms with Gasteiger partial charge in [0.2, 0.25) is 0 Å². The van der Waals surface area contributed by atoms with Gasteiger partial charge in [0.25, 0.3) is 0 Å². The molecule has 2 N–H and O–H groups in total. The Balaban J connectivity index is 2.34. The van der Waals surface area contributed by atoms with E-state index in [1.165, 1.54) is 10.6 Å². The van der Waals surface area contributed by atoms with Crippen LogP contribution >= 0.6 is 11.3 Å². The molecule has 0 saturated carbocycles. The first-order valence-electron chi connectivity index (χ1n) is 4.15. The summed E-state index contributed by atoms with van der Waals surface area (Å²) in [5.74, 6) is 0. The van der Waals surface area contributed by atoms with Crippen molar-refractivity contribution in [2.45, 2.75) is 12.5 Å². The van der Waals surface area contributed by atoms with Gasteiger partial charge in [-0.3, -0.25) is 4.90 Å². The van der Waals surface area contributed by atoms with E-state index in [0.717, 1.165) is 13.0 Å². The Labute approximate surface area is 76.2 Å². The molecule has 1 aliphatic rings. The van der Waals surface area contributed by atoms with Gasteiger partial charge in [-0.1, -0.05) is 0 Å². The summed E-state index contributed by atoms with van der Waals surface area (Å²) < 4.78 is 0. The quantitative estimate of drug-likeness (QED) is 0.694.